The van der Waals surface area contributed by atoms with E-state index in [9.17, 15) is 18.3 Å². The Bertz CT molecular complexity index is 659. The lowest BCUT2D eigenvalue weighted by Gasteiger charge is -2.11. The molecule has 1 aliphatic carbocycles. The summed E-state index contributed by atoms with van der Waals surface area (Å²) in [4.78, 5) is 0. The topological polar surface area (TPSA) is 20.2 Å². The van der Waals surface area contributed by atoms with Gasteiger partial charge in [-0.3, -0.25) is 0 Å². The Morgan fingerprint density at radius 2 is 1.71 bits per heavy atom. The van der Waals surface area contributed by atoms with E-state index in [1.807, 2.05) is 25.1 Å². The van der Waals surface area contributed by atoms with E-state index < -0.39 is 17.8 Å². The maximum absolute atomic E-state index is 12.6. The Hall–Kier alpha value is -1.81. The number of alkyl halides is 3. The summed E-state index contributed by atoms with van der Waals surface area (Å²) in [6, 6.07) is 10.8. The van der Waals surface area contributed by atoms with Gasteiger partial charge in [0.05, 0.1) is 11.7 Å². The van der Waals surface area contributed by atoms with E-state index in [4.69, 9.17) is 0 Å². The van der Waals surface area contributed by atoms with E-state index in [2.05, 4.69) is 0 Å². The Kier molecular flexibility index (Phi) is 3.29. The second kappa shape index (κ2) is 4.88. The van der Waals surface area contributed by atoms with Crippen LogP contribution in [0.4, 0.5) is 13.2 Å². The van der Waals surface area contributed by atoms with Gasteiger partial charge >= 0.3 is 6.18 Å². The third kappa shape index (κ3) is 2.44. The molecule has 4 heteroatoms. The predicted molar refractivity (Wildman–Crippen MR) is 74.7 cm³/mol. The van der Waals surface area contributed by atoms with Gasteiger partial charge in [0, 0.05) is 0 Å². The molecule has 0 saturated carbocycles. The fraction of sp³-hybridized carbons (Fsp3) is 0.294. The SMILES string of the molecule is CC1Cc2c(-c3ccc(C(F)(F)F)cc3)cccc2C1O. The molecule has 1 N–H and O–H groups in total. The van der Waals surface area contributed by atoms with Gasteiger partial charge in [-0.2, -0.15) is 13.2 Å². The van der Waals surface area contributed by atoms with Gasteiger partial charge < -0.3 is 5.11 Å². The highest BCUT2D eigenvalue weighted by molar-refractivity contribution is 5.70. The highest BCUT2D eigenvalue weighted by Gasteiger charge is 2.31. The summed E-state index contributed by atoms with van der Waals surface area (Å²) in [5.41, 5.74) is 2.94. The number of rotatable bonds is 1. The molecule has 2 aromatic rings. The number of fused-ring (bicyclic) bond motifs is 1. The fourth-order valence-corrected chi connectivity index (χ4v) is 2.96. The third-order valence-electron chi connectivity index (χ3n) is 4.12. The zero-order valence-electron chi connectivity index (χ0n) is 11.5. The average Bonchev–Trinajstić information content (AvgIpc) is 2.74. The molecule has 0 aliphatic heterocycles. The van der Waals surface area contributed by atoms with Gasteiger partial charge in [0.25, 0.3) is 0 Å². The average molecular weight is 292 g/mol. The van der Waals surface area contributed by atoms with Crippen molar-refractivity contribution in [1.29, 1.82) is 0 Å². The summed E-state index contributed by atoms with van der Waals surface area (Å²) >= 11 is 0. The molecule has 0 bridgehead atoms. The van der Waals surface area contributed by atoms with Crippen LogP contribution in [0.25, 0.3) is 11.1 Å². The van der Waals surface area contributed by atoms with Crippen molar-refractivity contribution in [2.24, 2.45) is 5.92 Å². The summed E-state index contributed by atoms with van der Waals surface area (Å²) in [5.74, 6) is 0.135. The van der Waals surface area contributed by atoms with Crippen molar-refractivity contribution in [3.8, 4) is 11.1 Å². The van der Waals surface area contributed by atoms with Crippen molar-refractivity contribution < 1.29 is 18.3 Å². The van der Waals surface area contributed by atoms with E-state index in [-0.39, 0.29) is 5.92 Å². The number of hydrogen-bond acceptors (Lipinski definition) is 1. The van der Waals surface area contributed by atoms with Crippen LogP contribution in [0.2, 0.25) is 0 Å². The maximum Gasteiger partial charge on any atom is 0.416 e. The lowest BCUT2D eigenvalue weighted by Crippen LogP contribution is -2.04. The Balaban J connectivity index is 2.03. The lowest BCUT2D eigenvalue weighted by molar-refractivity contribution is -0.137. The van der Waals surface area contributed by atoms with Crippen LogP contribution in [0.5, 0.6) is 0 Å². The molecule has 2 unspecified atom stereocenters. The van der Waals surface area contributed by atoms with Crippen LogP contribution in [0.1, 0.15) is 29.7 Å². The Labute approximate surface area is 121 Å². The normalized spacial score (nSPS) is 21.4. The van der Waals surface area contributed by atoms with E-state index in [1.54, 1.807) is 0 Å². The first-order valence-corrected chi connectivity index (χ1v) is 6.85. The van der Waals surface area contributed by atoms with Crippen LogP contribution in [-0.4, -0.2) is 5.11 Å². The summed E-state index contributed by atoms with van der Waals surface area (Å²) in [6.45, 7) is 1.97. The number of aliphatic hydroxyl groups is 1. The van der Waals surface area contributed by atoms with Crippen molar-refractivity contribution in [1.82, 2.24) is 0 Å². The van der Waals surface area contributed by atoms with Crippen molar-refractivity contribution in [2.75, 3.05) is 0 Å². The molecule has 110 valence electrons. The lowest BCUT2D eigenvalue weighted by atomic mass is 9.96. The largest absolute Gasteiger partial charge is 0.416 e. The predicted octanol–water partition coefficient (Wildman–Crippen LogP) is 4.60. The van der Waals surface area contributed by atoms with Crippen molar-refractivity contribution in [3.05, 3.63) is 59.2 Å². The van der Waals surface area contributed by atoms with Crippen LogP contribution >= 0.6 is 0 Å². The van der Waals surface area contributed by atoms with Crippen LogP contribution in [0.3, 0.4) is 0 Å². The Morgan fingerprint density at radius 3 is 2.33 bits per heavy atom. The van der Waals surface area contributed by atoms with E-state index >= 15 is 0 Å². The molecule has 2 atom stereocenters. The minimum absolute atomic E-state index is 0.135. The van der Waals surface area contributed by atoms with E-state index in [0.717, 1.165) is 40.8 Å². The molecule has 3 rings (SSSR count). The number of halogens is 3. The van der Waals surface area contributed by atoms with Crippen molar-refractivity contribution in [3.63, 3.8) is 0 Å². The smallest absolute Gasteiger partial charge is 0.388 e. The maximum atomic E-state index is 12.6. The Morgan fingerprint density at radius 1 is 1.05 bits per heavy atom. The number of benzene rings is 2. The standard InChI is InChI=1S/C17H15F3O/c1-10-9-15-13(3-2-4-14(15)16(10)21)11-5-7-12(8-6-11)17(18,19)20/h2-8,10,16,21H,9H2,1H3. The van der Waals surface area contributed by atoms with Gasteiger partial charge in [-0.15, -0.1) is 0 Å². The molecule has 0 fully saturated rings. The number of aliphatic hydroxyl groups excluding tert-OH is 1. The molecular formula is C17H15F3O. The molecule has 1 nitrogen and oxygen atoms in total. The highest BCUT2D eigenvalue weighted by atomic mass is 19.4. The van der Waals surface area contributed by atoms with Crippen LogP contribution in [0, 0.1) is 5.92 Å². The molecule has 0 heterocycles. The summed E-state index contributed by atoms with van der Waals surface area (Å²) in [5, 5.41) is 10.1. The molecule has 0 radical (unpaired) electrons. The quantitative estimate of drug-likeness (QED) is 0.814. The first kappa shape index (κ1) is 14.1. The van der Waals surface area contributed by atoms with Gasteiger partial charge in [-0.05, 0) is 46.7 Å². The summed E-state index contributed by atoms with van der Waals surface area (Å²) in [6.07, 6.45) is -4.07. The molecule has 1 aliphatic rings. The minimum Gasteiger partial charge on any atom is -0.388 e. The van der Waals surface area contributed by atoms with Crippen molar-refractivity contribution >= 4 is 0 Å². The van der Waals surface area contributed by atoms with Crippen LogP contribution in [0.15, 0.2) is 42.5 Å². The van der Waals surface area contributed by atoms with E-state index in [0.29, 0.717) is 0 Å². The van der Waals surface area contributed by atoms with Crippen molar-refractivity contribution in [2.45, 2.75) is 25.6 Å². The molecular weight excluding hydrogens is 277 g/mol. The second-order valence-electron chi connectivity index (χ2n) is 5.57. The van der Waals surface area contributed by atoms with Gasteiger partial charge in [0.15, 0.2) is 0 Å². The third-order valence-corrected chi connectivity index (χ3v) is 4.12. The van der Waals surface area contributed by atoms with Gasteiger partial charge in [-0.25, -0.2) is 0 Å². The van der Waals surface area contributed by atoms with Gasteiger partial charge in [0.1, 0.15) is 0 Å². The van der Waals surface area contributed by atoms with Gasteiger partial charge in [-0.1, -0.05) is 37.3 Å². The molecule has 0 amide bonds. The number of hydrogen-bond donors (Lipinski definition) is 1. The van der Waals surface area contributed by atoms with Crippen LogP contribution in [-0.2, 0) is 12.6 Å². The summed E-state index contributed by atoms with van der Waals surface area (Å²) in [7, 11) is 0. The highest BCUT2D eigenvalue weighted by Crippen LogP contribution is 2.41. The first-order chi connectivity index (χ1) is 9.88. The van der Waals surface area contributed by atoms with Gasteiger partial charge in [0.2, 0.25) is 0 Å². The molecule has 0 spiro atoms. The monoisotopic (exact) mass is 292 g/mol. The first-order valence-electron chi connectivity index (χ1n) is 6.85. The zero-order valence-corrected chi connectivity index (χ0v) is 11.5. The minimum atomic E-state index is -4.32. The van der Waals surface area contributed by atoms with E-state index in [1.165, 1.54) is 12.1 Å². The fourth-order valence-electron chi connectivity index (χ4n) is 2.96. The second-order valence-corrected chi connectivity index (χ2v) is 5.57. The molecule has 21 heavy (non-hydrogen) atoms. The summed E-state index contributed by atoms with van der Waals surface area (Å²) < 4.78 is 37.8. The molecule has 2 aromatic carbocycles. The molecule has 0 aromatic heterocycles. The zero-order chi connectivity index (χ0) is 15.2. The molecule has 0 saturated heterocycles. The van der Waals surface area contributed by atoms with Crippen LogP contribution < -0.4 is 0 Å².